The van der Waals surface area contributed by atoms with E-state index in [9.17, 15) is 0 Å². The predicted octanol–water partition coefficient (Wildman–Crippen LogP) is 4.14. The van der Waals surface area contributed by atoms with Gasteiger partial charge in [0, 0.05) is 24.5 Å². The van der Waals surface area contributed by atoms with Crippen LogP contribution in [0.3, 0.4) is 0 Å². The van der Waals surface area contributed by atoms with E-state index in [1.807, 2.05) is 11.3 Å². The molecule has 0 bridgehead atoms. The summed E-state index contributed by atoms with van der Waals surface area (Å²) in [6.07, 6.45) is 6.81. The second-order valence-corrected chi connectivity index (χ2v) is 7.16. The average Bonchev–Trinajstić information content (AvgIpc) is 3.05. The molecule has 0 saturated heterocycles. The van der Waals surface area contributed by atoms with Crippen molar-refractivity contribution in [2.24, 2.45) is 5.92 Å². The molecule has 1 saturated carbocycles. The lowest BCUT2D eigenvalue weighted by Crippen LogP contribution is -2.23. The van der Waals surface area contributed by atoms with Gasteiger partial charge in [0.15, 0.2) is 5.13 Å². The summed E-state index contributed by atoms with van der Waals surface area (Å²) in [5, 5.41) is 4.76. The van der Waals surface area contributed by atoms with Crippen molar-refractivity contribution in [3.8, 4) is 0 Å². The highest BCUT2D eigenvalue weighted by atomic mass is 32.1. The average molecular weight is 295 g/mol. The Bertz CT molecular complexity index is 410. The maximum atomic E-state index is 4.79. The van der Waals surface area contributed by atoms with Gasteiger partial charge in [-0.1, -0.05) is 19.8 Å². The van der Waals surface area contributed by atoms with E-state index in [1.165, 1.54) is 54.4 Å². The van der Waals surface area contributed by atoms with Crippen molar-refractivity contribution in [3.05, 3.63) is 10.6 Å². The van der Waals surface area contributed by atoms with Gasteiger partial charge in [0.25, 0.3) is 0 Å². The zero-order valence-electron chi connectivity index (χ0n) is 13.4. The Morgan fingerprint density at radius 1 is 1.40 bits per heavy atom. The third kappa shape index (κ3) is 3.95. The van der Waals surface area contributed by atoms with Crippen LogP contribution in [-0.4, -0.2) is 25.1 Å². The van der Waals surface area contributed by atoms with E-state index in [1.54, 1.807) is 0 Å². The third-order valence-corrected chi connectivity index (χ3v) is 5.70. The summed E-state index contributed by atoms with van der Waals surface area (Å²) in [4.78, 5) is 8.55. The molecular formula is C16H29N3S. The molecule has 0 amide bonds. The zero-order valence-corrected chi connectivity index (χ0v) is 14.2. The SMILES string of the molecule is CCCNC(C)c1sc(N(C)CC2CCCC2)nc1C. The van der Waals surface area contributed by atoms with Crippen LogP contribution in [0.25, 0.3) is 0 Å². The van der Waals surface area contributed by atoms with Crippen LogP contribution in [0, 0.1) is 12.8 Å². The fourth-order valence-electron chi connectivity index (χ4n) is 3.07. The lowest BCUT2D eigenvalue weighted by atomic mass is 10.1. The molecule has 1 aromatic heterocycles. The minimum Gasteiger partial charge on any atom is -0.351 e. The van der Waals surface area contributed by atoms with Crippen molar-refractivity contribution in [1.29, 1.82) is 0 Å². The Hall–Kier alpha value is -0.610. The highest BCUT2D eigenvalue weighted by Gasteiger charge is 2.20. The van der Waals surface area contributed by atoms with Gasteiger partial charge in [0.05, 0.1) is 5.69 Å². The molecule has 1 aromatic rings. The van der Waals surface area contributed by atoms with Gasteiger partial charge in [-0.25, -0.2) is 4.98 Å². The minimum atomic E-state index is 0.418. The molecule has 1 aliphatic rings. The Balaban J connectivity index is 1.97. The second-order valence-electron chi connectivity index (χ2n) is 6.15. The monoisotopic (exact) mass is 295 g/mol. The van der Waals surface area contributed by atoms with E-state index in [-0.39, 0.29) is 0 Å². The molecule has 1 heterocycles. The maximum absolute atomic E-state index is 4.79. The standard InChI is InChI=1S/C16H29N3S/c1-5-10-17-12(2)15-13(3)18-16(20-15)19(4)11-14-8-6-7-9-14/h12,14,17H,5-11H2,1-4H3. The predicted molar refractivity (Wildman–Crippen MR) is 88.8 cm³/mol. The molecule has 2 rings (SSSR count). The molecule has 0 aromatic carbocycles. The van der Waals surface area contributed by atoms with Gasteiger partial charge in [-0.05, 0) is 45.6 Å². The van der Waals surface area contributed by atoms with Crippen molar-refractivity contribution in [1.82, 2.24) is 10.3 Å². The number of aromatic nitrogens is 1. The summed E-state index contributed by atoms with van der Waals surface area (Å²) in [7, 11) is 2.20. The fraction of sp³-hybridized carbons (Fsp3) is 0.812. The van der Waals surface area contributed by atoms with Crippen LogP contribution < -0.4 is 10.2 Å². The molecule has 3 nitrogen and oxygen atoms in total. The Morgan fingerprint density at radius 3 is 2.75 bits per heavy atom. The number of nitrogens with one attached hydrogen (secondary N) is 1. The minimum absolute atomic E-state index is 0.418. The molecule has 0 radical (unpaired) electrons. The van der Waals surface area contributed by atoms with Crippen molar-refractivity contribution >= 4 is 16.5 Å². The Kier molecular flexibility index (Phi) is 5.85. The van der Waals surface area contributed by atoms with E-state index in [0.717, 1.165) is 12.5 Å². The van der Waals surface area contributed by atoms with Crippen molar-refractivity contribution in [2.75, 3.05) is 25.0 Å². The summed E-state index contributed by atoms with van der Waals surface area (Å²) in [5.74, 6) is 0.878. The molecule has 0 aliphatic heterocycles. The largest absolute Gasteiger partial charge is 0.351 e. The molecule has 114 valence electrons. The van der Waals surface area contributed by atoms with Crippen LogP contribution >= 0.6 is 11.3 Å². The van der Waals surface area contributed by atoms with Crippen molar-refractivity contribution in [3.63, 3.8) is 0 Å². The molecule has 1 fully saturated rings. The highest BCUT2D eigenvalue weighted by molar-refractivity contribution is 7.15. The molecule has 1 unspecified atom stereocenters. The van der Waals surface area contributed by atoms with Crippen LogP contribution in [0.1, 0.15) is 62.6 Å². The number of anilines is 1. The Labute approximate surface area is 127 Å². The first-order chi connectivity index (χ1) is 9.61. The second kappa shape index (κ2) is 7.41. The van der Waals surface area contributed by atoms with E-state index in [0.29, 0.717) is 6.04 Å². The van der Waals surface area contributed by atoms with Gasteiger partial charge in [0.2, 0.25) is 0 Å². The van der Waals surface area contributed by atoms with Crippen LogP contribution in [0.2, 0.25) is 0 Å². The molecule has 1 aliphatic carbocycles. The topological polar surface area (TPSA) is 28.2 Å². The summed E-state index contributed by atoms with van der Waals surface area (Å²) in [6, 6.07) is 0.418. The summed E-state index contributed by atoms with van der Waals surface area (Å²) >= 11 is 1.86. The van der Waals surface area contributed by atoms with Gasteiger partial charge in [-0.3, -0.25) is 0 Å². The van der Waals surface area contributed by atoms with E-state index in [2.05, 4.69) is 38.0 Å². The van der Waals surface area contributed by atoms with Gasteiger partial charge < -0.3 is 10.2 Å². The van der Waals surface area contributed by atoms with Gasteiger partial charge >= 0.3 is 0 Å². The summed E-state index contributed by atoms with van der Waals surface area (Å²) in [6.45, 7) is 8.84. The van der Waals surface area contributed by atoms with Crippen LogP contribution in [0.15, 0.2) is 0 Å². The molecule has 4 heteroatoms. The van der Waals surface area contributed by atoms with E-state index < -0.39 is 0 Å². The van der Waals surface area contributed by atoms with Gasteiger partial charge in [-0.2, -0.15) is 0 Å². The van der Waals surface area contributed by atoms with Gasteiger partial charge in [-0.15, -0.1) is 11.3 Å². The zero-order chi connectivity index (χ0) is 14.5. The molecule has 1 atom stereocenters. The Morgan fingerprint density at radius 2 is 2.10 bits per heavy atom. The summed E-state index contributed by atoms with van der Waals surface area (Å²) < 4.78 is 0. The molecular weight excluding hydrogens is 266 g/mol. The fourth-order valence-corrected chi connectivity index (χ4v) is 4.13. The number of rotatable bonds is 7. The number of aryl methyl sites for hydroxylation is 1. The van der Waals surface area contributed by atoms with Crippen molar-refractivity contribution in [2.45, 2.75) is 58.9 Å². The van der Waals surface area contributed by atoms with Crippen LogP contribution in [0.4, 0.5) is 5.13 Å². The first-order valence-corrected chi connectivity index (χ1v) is 8.85. The van der Waals surface area contributed by atoms with Crippen molar-refractivity contribution < 1.29 is 0 Å². The number of thiazole rings is 1. The normalized spacial score (nSPS) is 17.6. The summed E-state index contributed by atoms with van der Waals surface area (Å²) in [5.41, 5.74) is 1.19. The van der Waals surface area contributed by atoms with Gasteiger partial charge in [0.1, 0.15) is 0 Å². The smallest absolute Gasteiger partial charge is 0.185 e. The first kappa shape index (κ1) is 15.8. The third-order valence-electron chi connectivity index (χ3n) is 4.25. The number of hydrogen-bond donors (Lipinski definition) is 1. The van der Waals surface area contributed by atoms with Crippen LogP contribution in [-0.2, 0) is 0 Å². The first-order valence-electron chi connectivity index (χ1n) is 8.03. The lowest BCUT2D eigenvalue weighted by Gasteiger charge is -2.20. The van der Waals surface area contributed by atoms with E-state index >= 15 is 0 Å². The maximum Gasteiger partial charge on any atom is 0.185 e. The molecule has 0 spiro atoms. The molecule has 1 N–H and O–H groups in total. The number of nitrogens with zero attached hydrogens (tertiary/aromatic N) is 2. The van der Waals surface area contributed by atoms with E-state index in [4.69, 9.17) is 4.98 Å². The lowest BCUT2D eigenvalue weighted by molar-refractivity contribution is 0.546. The highest BCUT2D eigenvalue weighted by Crippen LogP contribution is 2.32. The quantitative estimate of drug-likeness (QED) is 0.819. The number of hydrogen-bond acceptors (Lipinski definition) is 4. The molecule has 20 heavy (non-hydrogen) atoms. The van der Waals surface area contributed by atoms with Crippen LogP contribution in [0.5, 0.6) is 0 Å².